The minimum absolute atomic E-state index is 0.0284. The van der Waals surface area contributed by atoms with E-state index < -0.39 is 0 Å². The minimum atomic E-state index is -0.0284. The Morgan fingerprint density at radius 2 is 1.95 bits per heavy atom. The van der Waals surface area contributed by atoms with Gasteiger partial charge in [-0.3, -0.25) is 4.79 Å². The summed E-state index contributed by atoms with van der Waals surface area (Å²) in [5, 5.41) is 0. The monoisotopic (exact) mass is 277 g/mol. The molecule has 2 aromatic rings. The van der Waals surface area contributed by atoms with Crippen molar-refractivity contribution in [3.63, 3.8) is 0 Å². The molecule has 106 valence electrons. The van der Waals surface area contributed by atoms with Gasteiger partial charge in [0.05, 0.1) is 0 Å². The van der Waals surface area contributed by atoms with E-state index in [2.05, 4.69) is 43.3 Å². The van der Waals surface area contributed by atoms with E-state index >= 15 is 0 Å². The second-order valence-corrected chi connectivity index (χ2v) is 5.63. The van der Waals surface area contributed by atoms with Crippen molar-refractivity contribution in [2.45, 2.75) is 25.7 Å². The summed E-state index contributed by atoms with van der Waals surface area (Å²) in [5.74, 6) is 0.740. The van der Waals surface area contributed by atoms with Gasteiger partial charge in [-0.05, 0) is 42.9 Å². The van der Waals surface area contributed by atoms with Crippen molar-refractivity contribution < 1.29 is 0 Å². The second-order valence-electron chi connectivity index (χ2n) is 5.63. The molecular weight excluding hydrogens is 258 g/mol. The van der Waals surface area contributed by atoms with Crippen LogP contribution in [0.1, 0.15) is 41.1 Å². The zero-order valence-corrected chi connectivity index (χ0v) is 12.3. The molecule has 0 spiro atoms. The summed E-state index contributed by atoms with van der Waals surface area (Å²) in [6, 6.07) is 8.16. The van der Waals surface area contributed by atoms with Crippen molar-refractivity contribution in [3.05, 3.63) is 70.0 Å². The Labute approximate surface area is 124 Å². The van der Waals surface area contributed by atoms with Gasteiger partial charge in [0.25, 0.3) is 0 Å². The molecule has 0 saturated heterocycles. The highest BCUT2D eigenvalue weighted by Gasteiger charge is 2.23. The molecule has 0 amide bonds. The van der Waals surface area contributed by atoms with E-state index in [1.54, 1.807) is 18.2 Å². The highest BCUT2D eigenvalue weighted by molar-refractivity contribution is 5.69. The molecule has 21 heavy (non-hydrogen) atoms. The molecule has 1 saturated carbocycles. The summed E-state index contributed by atoms with van der Waals surface area (Å²) in [7, 11) is 0. The lowest BCUT2D eigenvalue weighted by Crippen LogP contribution is -2.09. The van der Waals surface area contributed by atoms with Gasteiger partial charge >= 0.3 is 0 Å². The van der Waals surface area contributed by atoms with Crippen molar-refractivity contribution in [1.29, 1.82) is 0 Å². The first-order chi connectivity index (χ1) is 10.1. The van der Waals surface area contributed by atoms with Crippen LogP contribution in [0.25, 0.3) is 23.4 Å². The van der Waals surface area contributed by atoms with E-state index in [0.29, 0.717) is 5.56 Å². The summed E-state index contributed by atoms with van der Waals surface area (Å²) >= 11 is 0. The molecule has 1 aromatic heterocycles. The van der Waals surface area contributed by atoms with Gasteiger partial charge in [0.15, 0.2) is 5.43 Å². The van der Waals surface area contributed by atoms with E-state index in [1.807, 2.05) is 0 Å². The van der Waals surface area contributed by atoms with Gasteiger partial charge in [-0.15, -0.1) is 0 Å². The van der Waals surface area contributed by atoms with Crippen LogP contribution in [-0.4, -0.2) is 4.98 Å². The largest absolute Gasteiger partial charge is 0.354 e. The SMILES string of the molecule is C=Cc1[nH]c(-c2ccc(C3CC3)cc2C)cc(=O)c1C=C. The Morgan fingerprint density at radius 3 is 2.52 bits per heavy atom. The van der Waals surface area contributed by atoms with Crippen molar-refractivity contribution in [1.82, 2.24) is 4.98 Å². The molecule has 1 heterocycles. The standard InChI is InChI=1S/C19H19NO/c1-4-15-17(5-2)20-18(11-19(15)21)16-9-8-14(10-12(16)3)13-6-7-13/h4-5,8-11,13H,1-2,6-7H2,3H3,(H,20,21). The Bertz CT molecular complexity index is 779. The van der Waals surface area contributed by atoms with Gasteiger partial charge in [0.1, 0.15) is 0 Å². The number of hydrogen-bond donors (Lipinski definition) is 1. The van der Waals surface area contributed by atoms with Crippen LogP contribution >= 0.6 is 0 Å². The number of aryl methyl sites for hydroxylation is 1. The Kier molecular flexibility index (Phi) is 3.38. The van der Waals surface area contributed by atoms with Crippen molar-refractivity contribution >= 4 is 12.2 Å². The van der Waals surface area contributed by atoms with Crippen molar-refractivity contribution in [3.8, 4) is 11.3 Å². The highest BCUT2D eigenvalue weighted by Crippen LogP contribution is 2.41. The number of benzene rings is 1. The van der Waals surface area contributed by atoms with E-state index in [9.17, 15) is 4.79 Å². The molecule has 2 heteroatoms. The molecule has 0 unspecified atom stereocenters. The maximum Gasteiger partial charge on any atom is 0.189 e. The predicted octanol–water partition coefficient (Wildman–Crippen LogP) is 4.51. The Hall–Kier alpha value is -2.35. The van der Waals surface area contributed by atoms with E-state index in [1.165, 1.54) is 24.0 Å². The third-order valence-corrected chi connectivity index (χ3v) is 4.10. The minimum Gasteiger partial charge on any atom is -0.354 e. The summed E-state index contributed by atoms with van der Waals surface area (Å²) < 4.78 is 0. The molecule has 2 nitrogen and oxygen atoms in total. The summed E-state index contributed by atoms with van der Waals surface area (Å²) in [4.78, 5) is 15.5. The number of pyridine rings is 1. The molecule has 0 atom stereocenters. The quantitative estimate of drug-likeness (QED) is 0.876. The van der Waals surface area contributed by atoms with Gasteiger partial charge in [0.2, 0.25) is 0 Å². The smallest absolute Gasteiger partial charge is 0.189 e. The first-order valence-corrected chi connectivity index (χ1v) is 7.27. The Morgan fingerprint density at radius 1 is 1.19 bits per heavy atom. The summed E-state index contributed by atoms with van der Waals surface area (Å²) in [5.41, 5.74) is 5.76. The summed E-state index contributed by atoms with van der Waals surface area (Å²) in [6.07, 6.45) is 5.83. The van der Waals surface area contributed by atoms with Crippen LogP contribution in [0.2, 0.25) is 0 Å². The van der Waals surface area contributed by atoms with Gasteiger partial charge in [0, 0.05) is 28.6 Å². The molecule has 1 aliphatic rings. The fourth-order valence-corrected chi connectivity index (χ4v) is 2.77. The average Bonchev–Trinajstić information content (AvgIpc) is 3.30. The van der Waals surface area contributed by atoms with Crippen molar-refractivity contribution in [2.24, 2.45) is 0 Å². The molecule has 1 aromatic carbocycles. The predicted molar refractivity (Wildman–Crippen MR) is 89.4 cm³/mol. The van der Waals surface area contributed by atoms with Crippen LogP contribution < -0.4 is 5.43 Å². The van der Waals surface area contributed by atoms with Crippen LogP contribution in [0.15, 0.2) is 42.2 Å². The van der Waals surface area contributed by atoms with Gasteiger partial charge < -0.3 is 4.98 Å². The fourth-order valence-electron chi connectivity index (χ4n) is 2.77. The number of hydrogen-bond acceptors (Lipinski definition) is 1. The number of aromatic nitrogens is 1. The molecule has 0 bridgehead atoms. The van der Waals surface area contributed by atoms with E-state index in [4.69, 9.17) is 0 Å². The van der Waals surface area contributed by atoms with E-state index in [0.717, 1.165) is 22.9 Å². The van der Waals surface area contributed by atoms with Crippen LogP contribution in [0, 0.1) is 6.92 Å². The van der Waals surface area contributed by atoms with Gasteiger partial charge in [-0.25, -0.2) is 0 Å². The number of rotatable bonds is 4. The second kappa shape index (κ2) is 5.21. The fraction of sp³-hybridized carbons (Fsp3) is 0.211. The van der Waals surface area contributed by atoms with Crippen molar-refractivity contribution in [2.75, 3.05) is 0 Å². The number of nitrogens with one attached hydrogen (secondary N) is 1. The molecule has 0 radical (unpaired) electrons. The molecule has 0 aliphatic heterocycles. The van der Waals surface area contributed by atoms with Gasteiger partial charge in [-0.2, -0.15) is 0 Å². The highest BCUT2D eigenvalue weighted by atomic mass is 16.1. The topological polar surface area (TPSA) is 32.9 Å². The van der Waals surface area contributed by atoms with E-state index in [-0.39, 0.29) is 5.43 Å². The zero-order valence-electron chi connectivity index (χ0n) is 12.3. The molecule has 1 aliphatic carbocycles. The number of H-pyrrole nitrogens is 1. The Balaban J connectivity index is 2.12. The molecule has 1 fully saturated rings. The van der Waals surface area contributed by atoms with Crippen LogP contribution in [0.5, 0.6) is 0 Å². The average molecular weight is 277 g/mol. The third kappa shape index (κ3) is 2.49. The maximum absolute atomic E-state index is 12.2. The lowest BCUT2D eigenvalue weighted by molar-refractivity contribution is 1.12. The molecular formula is C19H19NO. The lowest BCUT2D eigenvalue weighted by atomic mass is 9.99. The molecule has 3 rings (SSSR count). The first-order valence-electron chi connectivity index (χ1n) is 7.27. The zero-order chi connectivity index (χ0) is 15.0. The van der Waals surface area contributed by atoms with Crippen LogP contribution in [0.3, 0.4) is 0 Å². The maximum atomic E-state index is 12.2. The third-order valence-electron chi connectivity index (χ3n) is 4.10. The summed E-state index contributed by atoms with van der Waals surface area (Å²) in [6.45, 7) is 9.55. The normalized spacial score (nSPS) is 14.0. The number of aromatic amines is 1. The lowest BCUT2D eigenvalue weighted by Gasteiger charge is -2.11. The van der Waals surface area contributed by atoms with Crippen LogP contribution in [-0.2, 0) is 0 Å². The van der Waals surface area contributed by atoms with Crippen LogP contribution in [0.4, 0.5) is 0 Å². The van der Waals surface area contributed by atoms with Gasteiger partial charge in [-0.1, -0.05) is 37.4 Å². The first kappa shape index (κ1) is 13.6. The molecule has 1 N–H and O–H groups in total.